The van der Waals surface area contributed by atoms with Gasteiger partial charge in [-0.25, -0.2) is 0 Å². The van der Waals surface area contributed by atoms with Crippen LogP contribution in [0.5, 0.6) is 0 Å². The van der Waals surface area contributed by atoms with Crippen LogP contribution in [0.15, 0.2) is 0 Å². The molecule has 13 nitrogen and oxygen atoms in total. The SMILES string of the molecule is CC(=O)O.CC(=O)O.CC(=O)[O-].CC(=O)[O-].CC(=O)[O-].NCCNCCN.[Fe+3]. The predicted molar refractivity (Wildman–Crippen MR) is 89.6 cm³/mol. The summed E-state index contributed by atoms with van der Waals surface area (Å²) < 4.78 is 0. The Labute approximate surface area is 174 Å². The van der Waals surface area contributed by atoms with E-state index in [1.807, 2.05) is 0 Å². The zero-order chi connectivity index (χ0) is 23.4. The van der Waals surface area contributed by atoms with E-state index in [1.54, 1.807) is 0 Å². The van der Waals surface area contributed by atoms with Gasteiger partial charge in [-0.2, -0.15) is 0 Å². The van der Waals surface area contributed by atoms with Crippen molar-refractivity contribution in [2.45, 2.75) is 34.6 Å². The molecule has 28 heavy (non-hydrogen) atoms. The minimum absolute atomic E-state index is 0. The number of carboxylic acid groups (broad SMARTS) is 5. The van der Waals surface area contributed by atoms with Crippen molar-refractivity contribution in [2.75, 3.05) is 26.2 Å². The summed E-state index contributed by atoms with van der Waals surface area (Å²) >= 11 is 0. The fraction of sp³-hybridized carbons (Fsp3) is 0.643. The number of hydrogen-bond acceptors (Lipinski definition) is 11. The molecule has 0 saturated carbocycles. The minimum atomic E-state index is -1.08. The van der Waals surface area contributed by atoms with Gasteiger partial charge in [0.15, 0.2) is 0 Å². The van der Waals surface area contributed by atoms with Crippen molar-refractivity contribution in [1.29, 1.82) is 0 Å². The van der Waals surface area contributed by atoms with Crippen molar-refractivity contribution in [3.05, 3.63) is 0 Å². The van der Waals surface area contributed by atoms with Crippen LogP contribution in [-0.4, -0.2) is 66.2 Å². The Morgan fingerprint density at radius 2 is 0.786 bits per heavy atom. The van der Waals surface area contributed by atoms with Crippen molar-refractivity contribution in [2.24, 2.45) is 11.5 Å². The summed E-state index contributed by atoms with van der Waals surface area (Å²) in [6, 6.07) is 0. The van der Waals surface area contributed by atoms with E-state index in [0.717, 1.165) is 47.7 Å². The van der Waals surface area contributed by atoms with Crippen LogP contribution < -0.4 is 32.1 Å². The molecule has 0 aliphatic carbocycles. The van der Waals surface area contributed by atoms with E-state index in [-0.39, 0.29) is 17.1 Å². The molecular formula is C14H30FeN3O10. The summed E-state index contributed by atoms with van der Waals surface area (Å²) in [5.74, 6) is -4.92. The molecule has 0 fully saturated rings. The molecule has 0 aromatic heterocycles. The molecule has 0 aliphatic heterocycles. The zero-order valence-corrected chi connectivity index (χ0v) is 17.6. The van der Waals surface area contributed by atoms with Crippen molar-refractivity contribution >= 4 is 29.8 Å². The molecule has 0 saturated heterocycles. The molecule has 7 N–H and O–H groups in total. The predicted octanol–water partition coefficient (Wildman–Crippen LogP) is -5.06. The Morgan fingerprint density at radius 1 is 0.679 bits per heavy atom. The molecule has 14 heteroatoms. The Kier molecular flexibility index (Phi) is 71.0. The number of nitrogens with two attached hydrogens (primary N) is 2. The average molecular weight is 456 g/mol. The molecule has 0 atom stereocenters. The first-order valence-electron chi connectivity index (χ1n) is 7.10. The van der Waals surface area contributed by atoms with E-state index in [4.69, 9.17) is 61.0 Å². The van der Waals surface area contributed by atoms with E-state index >= 15 is 0 Å². The van der Waals surface area contributed by atoms with Gasteiger partial charge in [0.1, 0.15) is 0 Å². The first kappa shape index (κ1) is 44.9. The van der Waals surface area contributed by atoms with Crippen molar-refractivity contribution in [3.8, 4) is 0 Å². The van der Waals surface area contributed by atoms with Crippen LogP contribution >= 0.6 is 0 Å². The largest absolute Gasteiger partial charge is 3.00 e. The molecule has 0 bridgehead atoms. The molecule has 0 aliphatic rings. The monoisotopic (exact) mass is 456 g/mol. The fourth-order valence-electron chi connectivity index (χ4n) is 0.329. The van der Waals surface area contributed by atoms with Crippen molar-refractivity contribution in [3.63, 3.8) is 0 Å². The molecule has 169 valence electrons. The molecule has 0 rings (SSSR count). The summed E-state index contributed by atoms with van der Waals surface area (Å²) in [5, 5.41) is 44.5. The van der Waals surface area contributed by atoms with Gasteiger partial charge in [0.25, 0.3) is 11.9 Å². The van der Waals surface area contributed by atoms with Gasteiger partial charge in [0.2, 0.25) is 0 Å². The zero-order valence-electron chi connectivity index (χ0n) is 16.5. The van der Waals surface area contributed by atoms with Crippen LogP contribution in [-0.2, 0) is 41.0 Å². The van der Waals surface area contributed by atoms with Gasteiger partial charge in [-0.1, -0.05) is 0 Å². The third kappa shape index (κ3) is 4020. The standard InChI is InChI=1S/C4H13N3.5C2H4O2.Fe/c5-1-3-7-4-2-6;5*1-2(3)4;/h7H,1-6H2;5*1H3,(H,3,4);/q;;;;;;+3/p-3. The van der Waals surface area contributed by atoms with Crippen LogP contribution in [0.1, 0.15) is 34.6 Å². The molecule has 1 radical (unpaired) electrons. The first-order valence-corrected chi connectivity index (χ1v) is 7.10. The van der Waals surface area contributed by atoms with Gasteiger partial charge < -0.3 is 56.7 Å². The molecule has 0 spiro atoms. The van der Waals surface area contributed by atoms with Crippen molar-refractivity contribution in [1.82, 2.24) is 5.32 Å². The molecule has 0 amide bonds. The van der Waals surface area contributed by atoms with E-state index in [9.17, 15) is 0 Å². The third-order valence-corrected chi connectivity index (χ3v) is 0.642. The van der Waals surface area contributed by atoms with Crippen LogP contribution in [0.25, 0.3) is 0 Å². The second kappa shape index (κ2) is 44.3. The quantitative estimate of drug-likeness (QED) is 0.196. The maximum absolute atomic E-state index is 9.00. The number of nitrogens with one attached hydrogen (secondary N) is 1. The maximum atomic E-state index is 9.00. The number of carboxylic acids is 5. The summed E-state index contributed by atoms with van der Waals surface area (Å²) in [4.78, 5) is 44.7. The number of carbonyl (C=O) groups is 5. The second-order valence-corrected chi connectivity index (χ2v) is 3.84. The van der Waals surface area contributed by atoms with Gasteiger partial charge in [-0.15, -0.1) is 0 Å². The molecule has 0 unspecified atom stereocenters. The number of aliphatic carboxylic acids is 5. The molecular weight excluding hydrogens is 426 g/mol. The topological polar surface area (TPSA) is 259 Å². The Morgan fingerprint density at radius 3 is 0.857 bits per heavy atom. The van der Waals surface area contributed by atoms with E-state index in [1.165, 1.54) is 0 Å². The average Bonchev–Trinajstić information content (AvgIpc) is 2.35. The maximum Gasteiger partial charge on any atom is 3.00 e. The summed E-state index contributed by atoms with van der Waals surface area (Å²) in [5.41, 5.74) is 10.3. The van der Waals surface area contributed by atoms with Crippen LogP contribution in [0.2, 0.25) is 0 Å². The second-order valence-electron chi connectivity index (χ2n) is 3.84. The molecule has 0 heterocycles. The van der Waals surface area contributed by atoms with E-state index < -0.39 is 29.8 Å². The number of hydrogen-bond donors (Lipinski definition) is 5. The van der Waals surface area contributed by atoms with Gasteiger partial charge >= 0.3 is 17.1 Å². The third-order valence-electron chi connectivity index (χ3n) is 0.642. The first-order chi connectivity index (χ1) is 12.1. The molecule has 0 aromatic rings. The van der Waals surface area contributed by atoms with E-state index in [0.29, 0.717) is 13.1 Å². The normalized spacial score (nSPS) is 6.82. The van der Waals surface area contributed by atoms with Gasteiger partial charge in [-0.05, 0) is 20.8 Å². The summed E-state index contributed by atoms with van der Waals surface area (Å²) in [7, 11) is 0. The minimum Gasteiger partial charge on any atom is -0.550 e. The van der Waals surface area contributed by atoms with Crippen LogP contribution in [0, 0.1) is 0 Å². The van der Waals surface area contributed by atoms with Gasteiger partial charge in [0.05, 0.1) is 0 Å². The number of carbonyl (C=O) groups excluding carboxylic acids is 3. The molecule has 0 aromatic carbocycles. The summed E-state index contributed by atoms with van der Waals surface area (Å²) in [6.07, 6.45) is 0. The fourth-order valence-corrected chi connectivity index (χ4v) is 0.329. The van der Waals surface area contributed by atoms with Gasteiger partial charge in [0, 0.05) is 57.9 Å². The Bertz CT molecular complexity index is 289. The smallest absolute Gasteiger partial charge is 0.550 e. The Balaban J connectivity index is -0.0000000382. The Hall–Kier alpha value is -2.25. The van der Waals surface area contributed by atoms with E-state index in [2.05, 4.69) is 5.32 Å². The number of rotatable bonds is 4. The van der Waals surface area contributed by atoms with Gasteiger partial charge in [-0.3, -0.25) is 9.59 Å². The van der Waals surface area contributed by atoms with Crippen LogP contribution in [0.3, 0.4) is 0 Å². The summed E-state index contributed by atoms with van der Waals surface area (Å²) in [6.45, 7) is 8.22. The van der Waals surface area contributed by atoms with Crippen molar-refractivity contribution < 1.29 is 66.6 Å². The van der Waals surface area contributed by atoms with Crippen LogP contribution in [0.4, 0.5) is 0 Å².